The average molecular weight is 516 g/mol. The van der Waals surface area contributed by atoms with Crippen molar-refractivity contribution in [2.24, 2.45) is 0 Å². The van der Waals surface area contributed by atoms with Gasteiger partial charge in [0.15, 0.2) is 5.16 Å². The lowest BCUT2D eigenvalue weighted by atomic mass is 10.0. The standard InChI is InChI=1S/C26H21ClF3N3OS/c1-15-3-7-17(8-4-15)23-24(18-9-5-16(2)6-10-18)33-25(32-23)35-14-22(34)31-19-11-12-21(27)20(13-19)26(28,29)30/h3-13H,14H2,1-2H3,(H,31,34)(H,32,33). The highest BCUT2D eigenvalue weighted by molar-refractivity contribution is 7.99. The molecule has 0 unspecified atom stereocenters. The second-order valence-electron chi connectivity index (χ2n) is 8.03. The number of aromatic amines is 1. The number of imidazole rings is 1. The summed E-state index contributed by atoms with van der Waals surface area (Å²) >= 11 is 6.81. The SMILES string of the molecule is Cc1ccc(-c2nc(SCC(=O)Nc3ccc(Cl)c(C(F)(F)F)c3)[nH]c2-c2ccc(C)cc2)cc1. The van der Waals surface area contributed by atoms with Crippen molar-refractivity contribution in [3.8, 4) is 22.5 Å². The molecule has 1 aromatic heterocycles. The molecule has 35 heavy (non-hydrogen) atoms. The normalized spacial score (nSPS) is 11.5. The number of H-pyrrole nitrogens is 1. The Hall–Kier alpha value is -3.23. The van der Waals surface area contributed by atoms with E-state index in [1.165, 1.54) is 6.07 Å². The van der Waals surface area contributed by atoms with Gasteiger partial charge in [-0.05, 0) is 32.0 Å². The van der Waals surface area contributed by atoms with E-state index in [9.17, 15) is 18.0 Å². The molecule has 4 nitrogen and oxygen atoms in total. The number of rotatable bonds is 6. The van der Waals surface area contributed by atoms with Gasteiger partial charge in [-0.1, -0.05) is 83.0 Å². The maximum Gasteiger partial charge on any atom is 0.417 e. The summed E-state index contributed by atoms with van der Waals surface area (Å²) in [4.78, 5) is 20.4. The second kappa shape index (κ2) is 10.2. The predicted octanol–water partition coefficient (Wildman–Crippen LogP) is 7.76. The molecule has 4 rings (SSSR count). The molecule has 2 N–H and O–H groups in total. The minimum Gasteiger partial charge on any atom is -0.332 e. The summed E-state index contributed by atoms with van der Waals surface area (Å²) in [5.74, 6) is -0.506. The summed E-state index contributed by atoms with van der Waals surface area (Å²) in [6, 6.07) is 19.3. The lowest BCUT2D eigenvalue weighted by Gasteiger charge is -2.11. The number of thioether (sulfide) groups is 1. The number of hydrogen-bond donors (Lipinski definition) is 2. The molecule has 9 heteroatoms. The van der Waals surface area contributed by atoms with Gasteiger partial charge in [0.1, 0.15) is 0 Å². The number of carbonyl (C=O) groups excluding carboxylic acids is 1. The van der Waals surface area contributed by atoms with Crippen molar-refractivity contribution in [2.45, 2.75) is 25.2 Å². The highest BCUT2D eigenvalue weighted by Gasteiger charge is 2.33. The third-order valence-corrected chi connectivity index (χ3v) is 6.45. The number of alkyl halides is 3. The number of anilines is 1. The Morgan fingerprint density at radius 1 is 0.971 bits per heavy atom. The Morgan fingerprint density at radius 3 is 2.17 bits per heavy atom. The molecule has 0 fully saturated rings. The molecule has 180 valence electrons. The van der Waals surface area contributed by atoms with Crippen molar-refractivity contribution in [2.75, 3.05) is 11.1 Å². The minimum absolute atomic E-state index is 0.0208. The maximum absolute atomic E-state index is 13.1. The molecule has 0 bridgehead atoms. The number of aryl methyl sites for hydroxylation is 2. The number of nitrogens with zero attached hydrogens (tertiary/aromatic N) is 1. The average Bonchev–Trinajstić information content (AvgIpc) is 3.23. The molecule has 4 aromatic rings. The number of aromatic nitrogens is 2. The molecule has 0 radical (unpaired) electrons. The summed E-state index contributed by atoms with van der Waals surface area (Å²) in [7, 11) is 0. The fourth-order valence-electron chi connectivity index (χ4n) is 3.42. The van der Waals surface area contributed by atoms with E-state index in [0.29, 0.717) is 5.16 Å². The van der Waals surface area contributed by atoms with E-state index < -0.39 is 22.7 Å². The van der Waals surface area contributed by atoms with Crippen LogP contribution >= 0.6 is 23.4 Å². The molecule has 0 aliphatic heterocycles. The van der Waals surface area contributed by atoms with Crippen molar-refractivity contribution in [3.05, 3.63) is 88.4 Å². The number of amides is 1. The Balaban J connectivity index is 1.53. The molecule has 0 spiro atoms. The summed E-state index contributed by atoms with van der Waals surface area (Å²) < 4.78 is 39.3. The molecule has 0 aliphatic rings. The summed E-state index contributed by atoms with van der Waals surface area (Å²) in [5, 5.41) is 2.59. The van der Waals surface area contributed by atoms with E-state index in [1.807, 2.05) is 62.4 Å². The monoisotopic (exact) mass is 515 g/mol. The smallest absolute Gasteiger partial charge is 0.332 e. The van der Waals surface area contributed by atoms with Gasteiger partial charge in [-0.3, -0.25) is 4.79 Å². The quantitative estimate of drug-likeness (QED) is 0.258. The van der Waals surface area contributed by atoms with Crippen LogP contribution in [0.3, 0.4) is 0 Å². The van der Waals surface area contributed by atoms with E-state index in [-0.39, 0.29) is 11.4 Å². The molecule has 3 aromatic carbocycles. The van der Waals surface area contributed by atoms with Gasteiger partial charge in [-0.2, -0.15) is 13.2 Å². The summed E-state index contributed by atoms with van der Waals surface area (Å²) in [6.45, 7) is 4.02. The van der Waals surface area contributed by atoms with Crippen LogP contribution in [-0.2, 0) is 11.0 Å². The Bertz CT molecular complexity index is 1290. The summed E-state index contributed by atoms with van der Waals surface area (Å²) in [5.41, 5.74) is 4.74. The number of hydrogen-bond acceptors (Lipinski definition) is 3. The molecule has 0 saturated carbocycles. The van der Waals surface area contributed by atoms with Crippen LogP contribution in [0.1, 0.15) is 16.7 Å². The van der Waals surface area contributed by atoms with Gasteiger partial charge in [-0.25, -0.2) is 4.98 Å². The van der Waals surface area contributed by atoms with Gasteiger partial charge in [-0.15, -0.1) is 0 Å². The zero-order valence-corrected chi connectivity index (χ0v) is 20.4. The van der Waals surface area contributed by atoms with Crippen molar-refractivity contribution in [1.29, 1.82) is 0 Å². The van der Waals surface area contributed by atoms with Crippen LogP contribution in [0, 0.1) is 13.8 Å². The summed E-state index contributed by atoms with van der Waals surface area (Å²) in [6.07, 6.45) is -4.61. The van der Waals surface area contributed by atoms with Crippen LogP contribution in [0.25, 0.3) is 22.5 Å². The van der Waals surface area contributed by atoms with E-state index in [0.717, 1.165) is 57.5 Å². The number of carbonyl (C=O) groups is 1. The van der Waals surface area contributed by atoms with Crippen molar-refractivity contribution >= 4 is 35.0 Å². The van der Waals surface area contributed by atoms with E-state index >= 15 is 0 Å². The van der Waals surface area contributed by atoms with Crippen LogP contribution in [0.2, 0.25) is 5.02 Å². The molecule has 0 aliphatic carbocycles. The first-order chi connectivity index (χ1) is 16.6. The minimum atomic E-state index is -4.61. The highest BCUT2D eigenvalue weighted by Crippen LogP contribution is 2.36. The Labute approximate surface area is 209 Å². The van der Waals surface area contributed by atoms with E-state index in [2.05, 4.69) is 10.3 Å². The molecular weight excluding hydrogens is 495 g/mol. The first-order valence-corrected chi connectivity index (χ1v) is 12.0. The number of halogens is 4. The number of nitrogens with one attached hydrogen (secondary N) is 2. The van der Waals surface area contributed by atoms with Crippen molar-refractivity contribution in [1.82, 2.24) is 9.97 Å². The zero-order chi connectivity index (χ0) is 25.2. The van der Waals surface area contributed by atoms with Crippen molar-refractivity contribution < 1.29 is 18.0 Å². The van der Waals surface area contributed by atoms with E-state index in [1.54, 1.807) is 0 Å². The third-order valence-electron chi connectivity index (χ3n) is 5.24. The first kappa shape index (κ1) is 24.9. The lowest BCUT2D eigenvalue weighted by molar-refractivity contribution is -0.137. The fraction of sp³-hybridized carbons (Fsp3) is 0.154. The molecule has 1 heterocycles. The highest BCUT2D eigenvalue weighted by atomic mass is 35.5. The fourth-order valence-corrected chi connectivity index (χ4v) is 4.32. The lowest BCUT2D eigenvalue weighted by Crippen LogP contribution is -2.15. The third kappa shape index (κ3) is 6.07. The van der Waals surface area contributed by atoms with Gasteiger partial charge in [0.05, 0.1) is 27.7 Å². The molecule has 1 amide bonds. The first-order valence-electron chi connectivity index (χ1n) is 10.6. The van der Waals surface area contributed by atoms with E-state index in [4.69, 9.17) is 16.6 Å². The number of benzene rings is 3. The molecular formula is C26H21ClF3N3OS. The van der Waals surface area contributed by atoms with Crippen LogP contribution in [0.4, 0.5) is 18.9 Å². The molecule has 0 atom stereocenters. The topological polar surface area (TPSA) is 57.8 Å². The van der Waals surface area contributed by atoms with Gasteiger partial charge in [0.25, 0.3) is 0 Å². The maximum atomic E-state index is 13.1. The largest absolute Gasteiger partial charge is 0.417 e. The Morgan fingerprint density at radius 2 is 1.57 bits per heavy atom. The predicted molar refractivity (Wildman–Crippen MR) is 135 cm³/mol. The molecule has 0 saturated heterocycles. The Kier molecular flexibility index (Phi) is 7.23. The van der Waals surface area contributed by atoms with Gasteiger partial charge >= 0.3 is 6.18 Å². The van der Waals surface area contributed by atoms with Crippen molar-refractivity contribution in [3.63, 3.8) is 0 Å². The van der Waals surface area contributed by atoms with Crippen LogP contribution in [-0.4, -0.2) is 21.6 Å². The van der Waals surface area contributed by atoms with Crippen LogP contribution in [0.15, 0.2) is 71.9 Å². The van der Waals surface area contributed by atoms with Gasteiger partial charge < -0.3 is 10.3 Å². The van der Waals surface area contributed by atoms with Gasteiger partial charge in [0.2, 0.25) is 5.91 Å². The van der Waals surface area contributed by atoms with Gasteiger partial charge in [0, 0.05) is 16.8 Å². The second-order valence-corrected chi connectivity index (χ2v) is 9.40. The zero-order valence-electron chi connectivity index (χ0n) is 18.8. The van der Waals surface area contributed by atoms with Crippen LogP contribution < -0.4 is 5.32 Å². The van der Waals surface area contributed by atoms with Crippen LogP contribution in [0.5, 0.6) is 0 Å².